The largest absolute Gasteiger partial charge is 0.309 e. The molecule has 0 spiro atoms. The highest BCUT2D eigenvalue weighted by atomic mass is 79.9. The lowest BCUT2D eigenvalue weighted by molar-refractivity contribution is -0.125. The molecule has 1 fully saturated rings. The maximum absolute atomic E-state index is 12.8. The Morgan fingerprint density at radius 3 is 2.63 bits per heavy atom. The highest BCUT2D eigenvalue weighted by Crippen LogP contribution is 2.38. The van der Waals surface area contributed by atoms with Gasteiger partial charge in [-0.25, -0.2) is 8.42 Å². The molecular formula is C20H21BrN2O3S. The van der Waals surface area contributed by atoms with Gasteiger partial charge in [0.2, 0.25) is 5.91 Å². The van der Waals surface area contributed by atoms with Crippen molar-refractivity contribution < 1.29 is 13.2 Å². The summed E-state index contributed by atoms with van der Waals surface area (Å²) in [6.07, 6.45) is 3.71. The predicted octanol–water partition coefficient (Wildman–Crippen LogP) is 4.33. The van der Waals surface area contributed by atoms with E-state index in [0.29, 0.717) is 12.1 Å². The van der Waals surface area contributed by atoms with Crippen molar-refractivity contribution in [2.45, 2.75) is 43.5 Å². The van der Waals surface area contributed by atoms with Crippen LogP contribution in [0, 0.1) is 5.92 Å². The van der Waals surface area contributed by atoms with E-state index in [1.165, 1.54) is 0 Å². The number of carbonyl (C=O) groups is 1. The summed E-state index contributed by atoms with van der Waals surface area (Å²) >= 11 is 3.34. The number of carbonyl (C=O) groups excluding carboxylic acids is 1. The Morgan fingerprint density at radius 2 is 1.96 bits per heavy atom. The van der Waals surface area contributed by atoms with Crippen molar-refractivity contribution in [3.63, 3.8) is 0 Å². The van der Waals surface area contributed by atoms with Gasteiger partial charge in [0.1, 0.15) is 0 Å². The lowest BCUT2D eigenvalue weighted by Crippen LogP contribution is -2.42. The zero-order valence-corrected chi connectivity index (χ0v) is 17.4. The maximum atomic E-state index is 12.8. The van der Waals surface area contributed by atoms with Crippen LogP contribution in [-0.4, -0.2) is 20.4 Å². The minimum absolute atomic E-state index is 0.0593. The van der Waals surface area contributed by atoms with Gasteiger partial charge < -0.3 is 4.90 Å². The number of amides is 1. The predicted molar refractivity (Wildman–Crippen MR) is 109 cm³/mol. The molecule has 5 nitrogen and oxygen atoms in total. The Balaban J connectivity index is 1.61. The third-order valence-corrected chi connectivity index (χ3v) is 7.22. The van der Waals surface area contributed by atoms with Crippen molar-refractivity contribution in [3.8, 4) is 0 Å². The quantitative estimate of drug-likeness (QED) is 0.756. The number of anilines is 2. The fourth-order valence-electron chi connectivity index (χ4n) is 3.73. The van der Waals surface area contributed by atoms with Gasteiger partial charge in [-0.2, -0.15) is 0 Å². The summed E-state index contributed by atoms with van der Waals surface area (Å²) in [6.45, 7) is 2.02. The molecule has 0 bridgehead atoms. The summed E-state index contributed by atoms with van der Waals surface area (Å²) in [6, 6.07) is 12.1. The molecule has 1 atom stereocenters. The van der Waals surface area contributed by atoms with Crippen molar-refractivity contribution >= 4 is 43.2 Å². The van der Waals surface area contributed by atoms with Gasteiger partial charge in [-0.3, -0.25) is 9.52 Å². The molecule has 27 heavy (non-hydrogen) atoms. The van der Waals surface area contributed by atoms with Crippen molar-refractivity contribution in [1.29, 1.82) is 0 Å². The summed E-state index contributed by atoms with van der Waals surface area (Å²) < 4.78 is 28.9. The number of nitrogens with zero attached hydrogens (tertiary/aromatic N) is 1. The highest BCUT2D eigenvalue weighted by molar-refractivity contribution is 9.10. The van der Waals surface area contributed by atoms with Gasteiger partial charge in [0, 0.05) is 27.8 Å². The number of benzene rings is 2. The average Bonchev–Trinajstić information content (AvgIpc) is 2.87. The molecular weight excluding hydrogens is 428 g/mol. The van der Waals surface area contributed by atoms with Crippen LogP contribution < -0.4 is 9.62 Å². The molecule has 0 aromatic heterocycles. The minimum atomic E-state index is -3.69. The van der Waals surface area contributed by atoms with Crippen LogP contribution in [-0.2, 0) is 21.2 Å². The number of hydrogen-bond acceptors (Lipinski definition) is 3. The van der Waals surface area contributed by atoms with Gasteiger partial charge in [-0.1, -0.05) is 28.4 Å². The van der Waals surface area contributed by atoms with Gasteiger partial charge in [0.25, 0.3) is 10.0 Å². The zero-order chi connectivity index (χ0) is 19.2. The molecule has 1 aliphatic carbocycles. The van der Waals surface area contributed by atoms with E-state index < -0.39 is 10.0 Å². The van der Waals surface area contributed by atoms with Crippen LogP contribution >= 0.6 is 15.9 Å². The molecule has 0 radical (unpaired) electrons. The van der Waals surface area contributed by atoms with Crippen LogP contribution in [0.2, 0.25) is 0 Å². The third kappa shape index (κ3) is 3.50. The van der Waals surface area contributed by atoms with Gasteiger partial charge in [-0.15, -0.1) is 0 Å². The van der Waals surface area contributed by atoms with Crippen molar-refractivity contribution in [3.05, 3.63) is 52.5 Å². The fraction of sp³-hybridized carbons (Fsp3) is 0.350. The van der Waals surface area contributed by atoms with E-state index in [2.05, 4.69) is 20.7 Å². The summed E-state index contributed by atoms with van der Waals surface area (Å²) in [7, 11) is -3.69. The van der Waals surface area contributed by atoms with E-state index in [1.807, 2.05) is 17.9 Å². The lowest BCUT2D eigenvalue weighted by atomic mass is 9.84. The number of halogens is 1. The maximum Gasteiger partial charge on any atom is 0.261 e. The monoisotopic (exact) mass is 448 g/mol. The molecule has 1 N–H and O–H groups in total. The molecule has 0 saturated heterocycles. The normalized spacial score (nSPS) is 19.5. The standard InChI is InChI=1S/C20H21BrN2O3S/c1-13-10-15-11-18(27(25,26)22-17-7-3-6-16(21)12-17)8-9-19(15)23(13)20(24)14-4-2-5-14/h3,6-9,11-14,22H,2,4-5,10H2,1H3/t13-/m0/s1. The van der Waals surface area contributed by atoms with E-state index in [1.54, 1.807) is 36.4 Å². The fourth-order valence-corrected chi connectivity index (χ4v) is 5.23. The van der Waals surface area contributed by atoms with Crippen LogP contribution in [0.3, 0.4) is 0 Å². The Morgan fingerprint density at radius 1 is 1.19 bits per heavy atom. The van der Waals surface area contributed by atoms with Crippen molar-refractivity contribution in [2.24, 2.45) is 5.92 Å². The molecule has 4 rings (SSSR count). The van der Waals surface area contributed by atoms with Crippen LogP contribution in [0.4, 0.5) is 11.4 Å². The molecule has 2 aromatic carbocycles. The van der Waals surface area contributed by atoms with Gasteiger partial charge >= 0.3 is 0 Å². The molecule has 7 heteroatoms. The first kappa shape index (κ1) is 18.5. The zero-order valence-electron chi connectivity index (χ0n) is 15.0. The number of fused-ring (bicyclic) bond motifs is 1. The van der Waals surface area contributed by atoms with Crippen molar-refractivity contribution in [1.82, 2.24) is 0 Å². The Hall–Kier alpha value is -1.86. The van der Waals surface area contributed by atoms with Crippen LogP contribution in [0.25, 0.3) is 0 Å². The SMILES string of the molecule is C[C@H]1Cc2cc(S(=O)(=O)Nc3cccc(Br)c3)ccc2N1C(=O)C1CCC1. The van der Waals surface area contributed by atoms with Crippen LogP contribution in [0.5, 0.6) is 0 Å². The summed E-state index contributed by atoms with van der Waals surface area (Å²) in [5.74, 6) is 0.301. The third-order valence-electron chi connectivity index (χ3n) is 5.35. The second kappa shape index (κ2) is 6.95. The molecule has 2 aromatic rings. The molecule has 1 amide bonds. The molecule has 0 unspecified atom stereocenters. The smallest absolute Gasteiger partial charge is 0.261 e. The van der Waals surface area contributed by atoms with Gasteiger partial charge in [0.05, 0.1) is 4.90 Å². The molecule has 1 aliphatic heterocycles. The first-order valence-corrected chi connectivity index (χ1v) is 11.4. The topological polar surface area (TPSA) is 66.5 Å². The van der Waals surface area contributed by atoms with E-state index >= 15 is 0 Å². The summed E-state index contributed by atoms with van der Waals surface area (Å²) in [5.41, 5.74) is 2.26. The Kier molecular flexibility index (Phi) is 4.76. The van der Waals surface area contributed by atoms with E-state index in [9.17, 15) is 13.2 Å². The lowest BCUT2D eigenvalue weighted by Gasteiger charge is -2.32. The number of sulfonamides is 1. The molecule has 1 saturated carbocycles. The Labute approximate surface area is 167 Å². The summed E-state index contributed by atoms with van der Waals surface area (Å²) in [5, 5.41) is 0. The Bertz CT molecular complexity index is 1000. The number of nitrogens with one attached hydrogen (secondary N) is 1. The second-order valence-corrected chi connectivity index (χ2v) is 9.89. The van der Waals surface area contributed by atoms with Gasteiger partial charge in [0.15, 0.2) is 0 Å². The number of hydrogen-bond donors (Lipinski definition) is 1. The molecule has 1 heterocycles. The van der Waals surface area contributed by atoms with Crippen molar-refractivity contribution in [2.75, 3.05) is 9.62 Å². The minimum Gasteiger partial charge on any atom is -0.309 e. The van der Waals surface area contributed by atoms with Crippen LogP contribution in [0.15, 0.2) is 51.8 Å². The molecule has 142 valence electrons. The van der Waals surface area contributed by atoms with E-state index in [-0.39, 0.29) is 22.8 Å². The van der Waals surface area contributed by atoms with E-state index in [0.717, 1.165) is 35.0 Å². The number of rotatable bonds is 4. The first-order valence-electron chi connectivity index (χ1n) is 9.09. The average molecular weight is 449 g/mol. The summed E-state index contributed by atoms with van der Waals surface area (Å²) in [4.78, 5) is 14.8. The van der Waals surface area contributed by atoms with Crippen LogP contribution in [0.1, 0.15) is 31.7 Å². The first-order chi connectivity index (χ1) is 12.8. The highest BCUT2D eigenvalue weighted by Gasteiger charge is 2.37. The van der Waals surface area contributed by atoms with E-state index in [4.69, 9.17) is 0 Å². The van der Waals surface area contributed by atoms with Gasteiger partial charge in [-0.05, 0) is 68.1 Å². The second-order valence-electron chi connectivity index (χ2n) is 7.30. The molecule has 2 aliphatic rings.